The number of hydrogen-bond donors (Lipinski definition) is 1. The molecule has 2 heterocycles. The van der Waals surface area contributed by atoms with Crippen molar-refractivity contribution in [2.75, 3.05) is 0 Å². The minimum atomic E-state index is -0.175. The molecule has 1 fully saturated rings. The van der Waals surface area contributed by atoms with Gasteiger partial charge < -0.3 is 0 Å². The molecule has 1 unspecified atom stereocenters. The van der Waals surface area contributed by atoms with Crippen molar-refractivity contribution < 1.29 is 9.59 Å². The van der Waals surface area contributed by atoms with E-state index in [1.54, 1.807) is 0 Å². The van der Waals surface area contributed by atoms with Gasteiger partial charge in [0, 0.05) is 29.8 Å². The number of aromatic nitrogens is 1. The van der Waals surface area contributed by atoms with Crippen LogP contribution in [0.5, 0.6) is 0 Å². The zero-order valence-corrected chi connectivity index (χ0v) is 10.4. The molecule has 1 aromatic heterocycles. The average Bonchev–Trinajstić information content (AvgIpc) is 2.42. The number of benzene rings is 1. The Hall–Kier alpha value is -2.23. The number of fused-ring (bicyclic) bond motifs is 1. The fourth-order valence-electron chi connectivity index (χ4n) is 2.41. The number of amides is 2. The summed E-state index contributed by atoms with van der Waals surface area (Å²) in [4.78, 5) is 27.4. The van der Waals surface area contributed by atoms with E-state index < -0.39 is 0 Å². The smallest absolute Gasteiger partial charge is 0.230 e. The molecule has 1 aromatic carbocycles. The van der Waals surface area contributed by atoms with Gasteiger partial charge >= 0.3 is 0 Å². The largest absolute Gasteiger partial charge is 0.296 e. The number of piperidine rings is 1. The van der Waals surface area contributed by atoms with Gasteiger partial charge in [-0.15, -0.1) is 0 Å². The number of rotatable bonds is 2. The van der Waals surface area contributed by atoms with Crippen LogP contribution in [0.2, 0.25) is 0 Å². The molecule has 2 amide bonds. The third kappa shape index (κ3) is 2.47. The lowest BCUT2D eigenvalue weighted by molar-refractivity contribution is -0.136. The van der Waals surface area contributed by atoms with Crippen molar-refractivity contribution in [2.45, 2.75) is 19.3 Å². The van der Waals surface area contributed by atoms with Gasteiger partial charge in [-0.05, 0) is 18.6 Å². The van der Waals surface area contributed by atoms with Gasteiger partial charge in [-0.25, -0.2) is 0 Å². The number of para-hydroxylation sites is 1. The third-order valence-corrected chi connectivity index (χ3v) is 3.46. The van der Waals surface area contributed by atoms with Crippen LogP contribution in [0.15, 0.2) is 36.4 Å². The molecule has 4 heteroatoms. The van der Waals surface area contributed by atoms with E-state index in [1.165, 1.54) is 0 Å². The van der Waals surface area contributed by atoms with Gasteiger partial charge in [0.1, 0.15) is 0 Å². The fraction of sp³-hybridized carbons (Fsp3) is 0.267. The minimum Gasteiger partial charge on any atom is -0.296 e. The van der Waals surface area contributed by atoms with Crippen molar-refractivity contribution in [1.82, 2.24) is 10.3 Å². The predicted molar refractivity (Wildman–Crippen MR) is 71.3 cm³/mol. The van der Waals surface area contributed by atoms with Gasteiger partial charge in [0.25, 0.3) is 0 Å². The van der Waals surface area contributed by atoms with Gasteiger partial charge in [-0.1, -0.05) is 24.3 Å². The second-order valence-electron chi connectivity index (χ2n) is 4.85. The van der Waals surface area contributed by atoms with E-state index in [1.807, 2.05) is 36.4 Å². The van der Waals surface area contributed by atoms with Crippen LogP contribution in [-0.4, -0.2) is 16.8 Å². The summed E-state index contributed by atoms with van der Waals surface area (Å²) in [6, 6.07) is 11.9. The molecule has 96 valence electrons. The maximum absolute atomic E-state index is 11.7. The summed E-state index contributed by atoms with van der Waals surface area (Å²) in [6.45, 7) is 0. The molecule has 0 bridgehead atoms. The normalized spacial score (nSPS) is 19.5. The number of nitrogens with zero attached hydrogens (tertiary/aromatic N) is 1. The van der Waals surface area contributed by atoms with E-state index in [4.69, 9.17) is 0 Å². The summed E-state index contributed by atoms with van der Waals surface area (Å²) >= 11 is 0. The summed E-state index contributed by atoms with van der Waals surface area (Å²) in [5, 5.41) is 3.47. The highest BCUT2D eigenvalue weighted by molar-refractivity contribution is 5.98. The van der Waals surface area contributed by atoms with E-state index in [-0.39, 0.29) is 17.7 Å². The summed E-state index contributed by atoms with van der Waals surface area (Å²) < 4.78 is 0. The first-order chi connectivity index (χ1) is 9.22. The van der Waals surface area contributed by atoms with Crippen molar-refractivity contribution >= 4 is 22.7 Å². The molecule has 1 saturated heterocycles. The monoisotopic (exact) mass is 254 g/mol. The predicted octanol–water partition coefficient (Wildman–Crippen LogP) is 1.83. The molecule has 1 aliphatic rings. The van der Waals surface area contributed by atoms with Crippen molar-refractivity contribution in [2.24, 2.45) is 5.92 Å². The molecule has 0 saturated carbocycles. The second kappa shape index (κ2) is 4.80. The zero-order chi connectivity index (χ0) is 13.2. The Balaban J connectivity index is 1.81. The van der Waals surface area contributed by atoms with Crippen LogP contribution in [-0.2, 0) is 16.0 Å². The standard InChI is InChI=1S/C15H14N2O2/c18-14-8-6-11(15(19)17-14)9-12-7-5-10-3-1-2-4-13(10)16-12/h1-5,7,11H,6,8-9H2,(H,17,18,19). The number of carbonyl (C=O) groups is 2. The van der Waals surface area contributed by atoms with Gasteiger partial charge in [0.05, 0.1) is 5.52 Å². The van der Waals surface area contributed by atoms with E-state index in [9.17, 15) is 9.59 Å². The fourth-order valence-corrected chi connectivity index (χ4v) is 2.41. The highest BCUT2D eigenvalue weighted by Gasteiger charge is 2.26. The quantitative estimate of drug-likeness (QED) is 0.832. The van der Waals surface area contributed by atoms with Crippen molar-refractivity contribution in [3.05, 3.63) is 42.1 Å². The Kier molecular flexibility index (Phi) is 2.99. The van der Waals surface area contributed by atoms with Crippen LogP contribution >= 0.6 is 0 Å². The molecule has 1 N–H and O–H groups in total. The number of pyridine rings is 1. The van der Waals surface area contributed by atoms with Crippen molar-refractivity contribution in [1.29, 1.82) is 0 Å². The first-order valence-corrected chi connectivity index (χ1v) is 6.41. The summed E-state index contributed by atoms with van der Waals surface area (Å²) in [7, 11) is 0. The lowest BCUT2D eigenvalue weighted by atomic mass is 9.93. The van der Waals surface area contributed by atoms with Gasteiger partial charge in [-0.3, -0.25) is 19.9 Å². The summed E-state index contributed by atoms with van der Waals surface area (Å²) in [5.41, 5.74) is 1.83. The topological polar surface area (TPSA) is 59.1 Å². The number of nitrogens with one attached hydrogen (secondary N) is 1. The van der Waals surface area contributed by atoms with Crippen LogP contribution in [0.25, 0.3) is 10.9 Å². The molecule has 3 rings (SSSR count). The van der Waals surface area contributed by atoms with Gasteiger partial charge in [0.15, 0.2) is 0 Å². The zero-order valence-electron chi connectivity index (χ0n) is 10.4. The Morgan fingerprint density at radius 2 is 2.00 bits per heavy atom. The van der Waals surface area contributed by atoms with Gasteiger partial charge in [0.2, 0.25) is 11.8 Å². The molecule has 4 nitrogen and oxygen atoms in total. The Bertz CT molecular complexity index is 651. The lowest BCUT2D eigenvalue weighted by Gasteiger charge is -2.20. The Morgan fingerprint density at radius 3 is 2.84 bits per heavy atom. The molecule has 2 aromatic rings. The van der Waals surface area contributed by atoms with Crippen LogP contribution in [0, 0.1) is 5.92 Å². The maximum Gasteiger partial charge on any atom is 0.230 e. The van der Waals surface area contributed by atoms with Crippen LogP contribution in [0.1, 0.15) is 18.5 Å². The first-order valence-electron chi connectivity index (χ1n) is 6.41. The molecule has 0 spiro atoms. The van der Waals surface area contributed by atoms with E-state index >= 15 is 0 Å². The lowest BCUT2D eigenvalue weighted by Crippen LogP contribution is -2.41. The van der Waals surface area contributed by atoms with Crippen molar-refractivity contribution in [3.63, 3.8) is 0 Å². The van der Waals surface area contributed by atoms with E-state index in [0.717, 1.165) is 16.6 Å². The van der Waals surface area contributed by atoms with Crippen LogP contribution < -0.4 is 5.32 Å². The molecule has 19 heavy (non-hydrogen) atoms. The van der Waals surface area contributed by atoms with E-state index in [0.29, 0.717) is 19.3 Å². The summed E-state index contributed by atoms with van der Waals surface area (Å²) in [6.07, 6.45) is 1.62. The number of carbonyl (C=O) groups excluding carboxylic acids is 2. The van der Waals surface area contributed by atoms with Crippen LogP contribution in [0.4, 0.5) is 0 Å². The van der Waals surface area contributed by atoms with Crippen molar-refractivity contribution in [3.8, 4) is 0 Å². The molecule has 0 radical (unpaired) electrons. The average molecular weight is 254 g/mol. The molecular weight excluding hydrogens is 240 g/mol. The van der Waals surface area contributed by atoms with Crippen LogP contribution in [0.3, 0.4) is 0 Å². The molecule has 0 aliphatic carbocycles. The Morgan fingerprint density at radius 1 is 1.16 bits per heavy atom. The Labute approximate surface area is 110 Å². The molecule has 1 aliphatic heterocycles. The number of imide groups is 1. The maximum atomic E-state index is 11.7. The molecular formula is C15H14N2O2. The first kappa shape index (κ1) is 11.8. The third-order valence-electron chi connectivity index (χ3n) is 3.46. The second-order valence-corrected chi connectivity index (χ2v) is 4.85. The van der Waals surface area contributed by atoms with Gasteiger partial charge in [-0.2, -0.15) is 0 Å². The summed E-state index contributed by atoms with van der Waals surface area (Å²) in [5.74, 6) is -0.495. The highest BCUT2D eigenvalue weighted by atomic mass is 16.2. The SMILES string of the molecule is O=C1CCC(Cc2ccc3ccccc3n2)C(=O)N1. The number of hydrogen-bond acceptors (Lipinski definition) is 3. The minimum absolute atomic E-state index is 0.147. The van der Waals surface area contributed by atoms with E-state index in [2.05, 4.69) is 10.3 Å². The highest BCUT2D eigenvalue weighted by Crippen LogP contribution is 2.19. The molecule has 1 atom stereocenters.